The van der Waals surface area contributed by atoms with Gasteiger partial charge < -0.3 is 14.2 Å². The van der Waals surface area contributed by atoms with Crippen LogP contribution in [0, 0.1) is 11.3 Å². The maximum atomic E-state index is 10.1. The third kappa shape index (κ3) is 4.74. The third-order valence-corrected chi connectivity index (χ3v) is 12.0. The van der Waals surface area contributed by atoms with Crippen LogP contribution in [0.15, 0.2) is 192 Å². The zero-order valence-corrected chi connectivity index (χ0v) is 31.4. The zero-order chi connectivity index (χ0) is 38.3. The van der Waals surface area contributed by atoms with Gasteiger partial charge in [0.1, 0.15) is 5.58 Å². The number of anilines is 6. The minimum absolute atomic E-state index is 0.652. The fourth-order valence-electron chi connectivity index (χ4n) is 9.54. The van der Waals surface area contributed by atoms with Crippen LogP contribution in [-0.2, 0) is 6.42 Å². The van der Waals surface area contributed by atoms with Crippen LogP contribution in [0.3, 0.4) is 0 Å². The Labute approximate surface area is 335 Å². The fourth-order valence-corrected chi connectivity index (χ4v) is 9.54. The summed E-state index contributed by atoms with van der Waals surface area (Å²) in [7, 11) is 0. The van der Waals surface area contributed by atoms with Crippen LogP contribution in [0.2, 0.25) is 0 Å². The second kappa shape index (κ2) is 12.6. The van der Waals surface area contributed by atoms with E-state index in [0.29, 0.717) is 5.56 Å². The summed E-state index contributed by atoms with van der Waals surface area (Å²) in [6.07, 6.45) is 0.852. The molecule has 0 aliphatic heterocycles. The van der Waals surface area contributed by atoms with E-state index in [9.17, 15) is 5.26 Å². The van der Waals surface area contributed by atoms with Gasteiger partial charge in [0.05, 0.1) is 34.4 Å². The van der Waals surface area contributed by atoms with E-state index in [4.69, 9.17) is 4.42 Å². The molecule has 0 fully saturated rings. The van der Waals surface area contributed by atoms with E-state index >= 15 is 0 Å². The molecule has 1 aromatic heterocycles. The lowest BCUT2D eigenvalue weighted by Crippen LogP contribution is -2.15. The predicted molar refractivity (Wildman–Crippen MR) is 240 cm³/mol. The lowest BCUT2D eigenvalue weighted by molar-refractivity contribution is 0.669. The molecule has 4 nitrogen and oxygen atoms in total. The maximum Gasteiger partial charge on any atom is 0.159 e. The van der Waals surface area contributed by atoms with E-state index < -0.39 is 0 Å². The van der Waals surface area contributed by atoms with Crippen molar-refractivity contribution < 1.29 is 4.42 Å². The van der Waals surface area contributed by atoms with Gasteiger partial charge in [-0.2, -0.15) is 5.26 Å². The van der Waals surface area contributed by atoms with Crippen LogP contribution in [0.1, 0.15) is 16.7 Å². The molecule has 11 aromatic rings. The molecular weight excluding hydrogens is 707 g/mol. The minimum atomic E-state index is 0.652. The Balaban J connectivity index is 1.23. The second-order valence-electron chi connectivity index (χ2n) is 15.2. The summed E-state index contributed by atoms with van der Waals surface area (Å²) in [4.78, 5) is 4.83. The Bertz CT molecular complexity index is 3430. The first kappa shape index (κ1) is 32.4. The van der Waals surface area contributed by atoms with Crippen molar-refractivity contribution in [3.05, 3.63) is 205 Å². The minimum Gasteiger partial charge on any atom is -0.454 e. The van der Waals surface area contributed by atoms with E-state index in [1.165, 1.54) is 22.3 Å². The number of hydrogen-bond acceptors (Lipinski definition) is 4. The molecule has 0 radical (unpaired) electrons. The van der Waals surface area contributed by atoms with Crippen LogP contribution in [-0.4, -0.2) is 0 Å². The summed E-state index contributed by atoms with van der Waals surface area (Å²) >= 11 is 0. The number of fused-ring (bicyclic) bond motifs is 6. The molecule has 12 rings (SSSR count). The number of rotatable bonds is 6. The molecule has 1 aliphatic rings. The SMILES string of the molecule is N#Cc1cc2ccc3c(N(c4ccccc4)c4cccc5c4Cc4ccccc4-5)cc(N(c4ccccc4)c4cccc5c4oc4ccccc45)c4ccc(c1)c2c34. The topological polar surface area (TPSA) is 43.4 Å². The summed E-state index contributed by atoms with van der Waals surface area (Å²) in [6, 6.07) is 69.3. The third-order valence-electron chi connectivity index (χ3n) is 12.0. The smallest absolute Gasteiger partial charge is 0.159 e. The van der Waals surface area contributed by atoms with E-state index in [1.807, 2.05) is 24.3 Å². The Kier molecular flexibility index (Phi) is 7.02. The van der Waals surface area contributed by atoms with Crippen LogP contribution in [0.4, 0.5) is 34.1 Å². The highest BCUT2D eigenvalue weighted by Gasteiger charge is 2.29. The first-order chi connectivity index (χ1) is 28.7. The Morgan fingerprint density at radius 3 is 1.76 bits per heavy atom. The highest BCUT2D eigenvalue weighted by molar-refractivity contribution is 6.29. The molecule has 1 heterocycles. The molecule has 0 amide bonds. The van der Waals surface area contributed by atoms with E-state index in [-0.39, 0.29) is 0 Å². The molecular formula is C54H33N3O. The highest BCUT2D eigenvalue weighted by Crippen LogP contribution is 2.53. The van der Waals surface area contributed by atoms with Crippen molar-refractivity contribution in [3.8, 4) is 17.2 Å². The van der Waals surface area contributed by atoms with Crippen molar-refractivity contribution in [2.45, 2.75) is 6.42 Å². The summed E-state index contributed by atoms with van der Waals surface area (Å²) < 4.78 is 6.77. The van der Waals surface area contributed by atoms with E-state index in [1.54, 1.807) is 0 Å². The Morgan fingerprint density at radius 1 is 0.448 bits per heavy atom. The van der Waals surface area contributed by atoms with Gasteiger partial charge in [0, 0.05) is 44.7 Å². The molecule has 1 aliphatic carbocycles. The first-order valence-electron chi connectivity index (χ1n) is 19.7. The summed E-state index contributed by atoms with van der Waals surface area (Å²) in [5.41, 5.74) is 13.9. The number of benzene rings is 10. The number of para-hydroxylation sites is 4. The van der Waals surface area contributed by atoms with Crippen molar-refractivity contribution in [2.24, 2.45) is 0 Å². The molecule has 0 bridgehead atoms. The molecule has 270 valence electrons. The fraction of sp³-hybridized carbons (Fsp3) is 0.0185. The largest absolute Gasteiger partial charge is 0.454 e. The molecule has 4 heteroatoms. The van der Waals surface area contributed by atoms with Crippen molar-refractivity contribution >= 4 is 88.4 Å². The summed E-state index contributed by atoms with van der Waals surface area (Å²) in [6.45, 7) is 0. The average Bonchev–Trinajstić information content (AvgIpc) is 3.86. The van der Waals surface area contributed by atoms with Gasteiger partial charge >= 0.3 is 0 Å². The van der Waals surface area contributed by atoms with Gasteiger partial charge in [-0.15, -0.1) is 0 Å². The number of nitrogens with zero attached hydrogens (tertiary/aromatic N) is 3. The lowest BCUT2D eigenvalue weighted by Gasteiger charge is -2.33. The van der Waals surface area contributed by atoms with Gasteiger partial charge in [-0.05, 0) is 99.1 Å². The molecule has 58 heavy (non-hydrogen) atoms. The van der Waals surface area contributed by atoms with Gasteiger partial charge in [0.25, 0.3) is 0 Å². The van der Waals surface area contributed by atoms with E-state index in [2.05, 4.69) is 180 Å². The Morgan fingerprint density at radius 2 is 1.03 bits per heavy atom. The Hall–Kier alpha value is -7.87. The molecule has 0 N–H and O–H groups in total. The van der Waals surface area contributed by atoms with Crippen LogP contribution >= 0.6 is 0 Å². The first-order valence-corrected chi connectivity index (χ1v) is 19.7. The molecule has 10 aromatic carbocycles. The van der Waals surface area contributed by atoms with Crippen LogP contribution in [0.25, 0.3) is 65.4 Å². The maximum absolute atomic E-state index is 10.1. The average molecular weight is 740 g/mol. The zero-order valence-electron chi connectivity index (χ0n) is 31.4. The number of nitriles is 1. The van der Waals surface area contributed by atoms with Crippen molar-refractivity contribution in [2.75, 3.05) is 9.80 Å². The van der Waals surface area contributed by atoms with Gasteiger partial charge in [0.2, 0.25) is 0 Å². The summed E-state index contributed by atoms with van der Waals surface area (Å²) in [5.74, 6) is 0. The summed E-state index contributed by atoms with van der Waals surface area (Å²) in [5, 5.41) is 18.9. The standard InChI is InChI=1S/C54H33N3O/c55-33-34-29-36-25-27-44-49(56(38-14-3-1-4-15-38)47-22-11-20-41-40-18-8-7-13-35(40)31-46(41)47)32-50(45-28-26-37(30-34)52(36)53(44)45)57(39-16-5-2-6-17-39)48-23-12-21-43-42-19-9-10-24-51(42)58-54(43)48/h1-30,32H,31H2. The lowest BCUT2D eigenvalue weighted by atomic mass is 9.90. The van der Waals surface area contributed by atoms with Crippen molar-refractivity contribution in [1.29, 1.82) is 5.26 Å². The highest BCUT2D eigenvalue weighted by atomic mass is 16.3. The van der Waals surface area contributed by atoms with Crippen LogP contribution < -0.4 is 9.80 Å². The molecule has 0 unspecified atom stereocenters. The molecule has 0 saturated carbocycles. The monoisotopic (exact) mass is 739 g/mol. The van der Waals surface area contributed by atoms with Gasteiger partial charge in [-0.1, -0.05) is 127 Å². The van der Waals surface area contributed by atoms with E-state index in [0.717, 1.165) is 94.8 Å². The second-order valence-corrected chi connectivity index (χ2v) is 15.2. The van der Waals surface area contributed by atoms with Gasteiger partial charge in [-0.25, -0.2) is 0 Å². The predicted octanol–water partition coefficient (Wildman–Crippen LogP) is 14.9. The normalized spacial score (nSPS) is 12.1. The van der Waals surface area contributed by atoms with Gasteiger partial charge in [-0.3, -0.25) is 0 Å². The number of hydrogen-bond donors (Lipinski definition) is 0. The molecule has 0 spiro atoms. The van der Waals surface area contributed by atoms with Crippen LogP contribution in [0.5, 0.6) is 0 Å². The van der Waals surface area contributed by atoms with Crippen molar-refractivity contribution in [3.63, 3.8) is 0 Å². The quantitative estimate of drug-likeness (QED) is 0.159. The van der Waals surface area contributed by atoms with Gasteiger partial charge in [0.15, 0.2) is 5.58 Å². The van der Waals surface area contributed by atoms with Crippen molar-refractivity contribution in [1.82, 2.24) is 0 Å². The number of furan rings is 1. The molecule has 0 atom stereocenters. The molecule has 0 saturated heterocycles.